The van der Waals surface area contributed by atoms with Gasteiger partial charge >= 0.3 is 0 Å². The van der Waals surface area contributed by atoms with Crippen molar-refractivity contribution in [2.45, 2.75) is 34.8 Å². The van der Waals surface area contributed by atoms with Crippen LogP contribution in [0.5, 0.6) is 0 Å². The first-order chi connectivity index (χ1) is 19.2. The Morgan fingerprint density at radius 2 is 1.65 bits per heavy atom. The maximum absolute atomic E-state index is 13.6. The van der Waals surface area contributed by atoms with E-state index in [0.717, 1.165) is 21.2 Å². The summed E-state index contributed by atoms with van der Waals surface area (Å²) in [6.07, 6.45) is 0. The number of para-hydroxylation sites is 2. The Morgan fingerprint density at radius 1 is 1.00 bits per heavy atom. The van der Waals surface area contributed by atoms with Gasteiger partial charge < -0.3 is 9.88 Å². The van der Waals surface area contributed by atoms with Gasteiger partial charge in [0.2, 0.25) is 5.91 Å². The molecule has 10 nitrogen and oxygen atoms in total. The smallest absolute Gasteiger partial charge is 0.270 e. The molecule has 0 radical (unpaired) electrons. The van der Waals surface area contributed by atoms with Crippen molar-refractivity contribution in [3.05, 3.63) is 94.3 Å². The maximum atomic E-state index is 13.6. The van der Waals surface area contributed by atoms with E-state index in [0.29, 0.717) is 11.0 Å². The molecule has 0 saturated carbocycles. The molecule has 0 fully saturated rings. The number of carbonyl (C=O) groups excluding carboxylic acids is 2. The van der Waals surface area contributed by atoms with Gasteiger partial charge in [0.05, 0.1) is 28.1 Å². The topological polar surface area (TPSA) is 123 Å². The molecule has 0 unspecified atom stereocenters. The number of aromatic nitrogens is 3. The molecule has 1 N–H and O–H groups in total. The van der Waals surface area contributed by atoms with E-state index in [9.17, 15) is 19.7 Å². The van der Waals surface area contributed by atoms with Crippen molar-refractivity contribution in [2.75, 3.05) is 10.7 Å². The second-order valence-corrected chi connectivity index (χ2v) is 11.5. The number of nitro groups is 1. The van der Waals surface area contributed by atoms with Gasteiger partial charge in [-0.1, -0.05) is 67.7 Å². The van der Waals surface area contributed by atoms with E-state index in [1.54, 1.807) is 28.3 Å². The largest absolute Gasteiger partial charge is 0.342 e. The molecule has 1 aliphatic rings. The number of nitro benzene ring substituents is 1. The predicted octanol–water partition coefficient (Wildman–Crippen LogP) is 5.77. The number of rotatable bonds is 8. The number of amides is 2. The van der Waals surface area contributed by atoms with Crippen molar-refractivity contribution in [1.29, 1.82) is 0 Å². The molecule has 4 aromatic rings. The van der Waals surface area contributed by atoms with Crippen molar-refractivity contribution in [2.24, 2.45) is 13.0 Å². The first-order valence-electron chi connectivity index (χ1n) is 12.5. The fraction of sp³-hybridized carbons (Fsp3) is 0.214. The van der Waals surface area contributed by atoms with Crippen LogP contribution in [0.25, 0.3) is 0 Å². The van der Waals surface area contributed by atoms with Crippen LogP contribution >= 0.6 is 23.5 Å². The van der Waals surface area contributed by atoms with Crippen LogP contribution in [0, 0.1) is 16.0 Å². The standard InChI is InChI=1S/C28H26N6O4S2/c1-17(2)25(29-27(36)18-9-8-10-19(15-18)34(37)38)26-30-31-28(32(26)3)39-16-24(35)33-20-11-4-6-13-22(20)40-23-14-7-5-12-21(23)33/h4-15,17,25H,16H2,1-3H3,(H,29,36)/t25-/m1/s1. The highest BCUT2D eigenvalue weighted by molar-refractivity contribution is 8.00. The number of nitrogens with one attached hydrogen (secondary N) is 1. The number of hydrogen-bond acceptors (Lipinski definition) is 8. The molecule has 3 aromatic carbocycles. The number of anilines is 2. The van der Waals surface area contributed by atoms with Crippen LogP contribution in [-0.4, -0.2) is 37.3 Å². The normalized spacial score (nSPS) is 12.9. The first-order valence-corrected chi connectivity index (χ1v) is 14.3. The monoisotopic (exact) mass is 574 g/mol. The summed E-state index contributed by atoms with van der Waals surface area (Å²) in [6, 6.07) is 20.7. The Bertz CT molecular complexity index is 1560. The summed E-state index contributed by atoms with van der Waals surface area (Å²) >= 11 is 2.91. The molecule has 0 bridgehead atoms. The Labute approximate surface area is 239 Å². The lowest BCUT2D eigenvalue weighted by atomic mass is 10.0. The molecular formula is C28H26N6O4S2. The molecule has 2 amide bonds. The van der Waals surface area contributed by atoms with E-state index in [1.807, 2.05) is 62.4 Å². The number of nitrogens with zero attached hydrogens (tertiary/aromatic N) is 5. The Kier molecular flexibility index (Phi) is 7.90. The first kappa shape index (κ1) is 27.4. The van der Waals surface area contributed by atoms with Gasteiger partial charge in [-0.2, -0.15) is 0 Å². The maximum Gasteiger partial charge on any atom is 0.270 e. The van der Waals surface area contributed by atoms with Crippen LogP contribution in [0.1, 0.15) is 36.1 Å². The minimum absolute atomic E-state index is 0.0520. The van der Waals surface area contributed by atoms with E-state index in [1.165, 1.54) is 36.0 Å². The van der Waals surface area contributed by atoms with E-state index in [4.69, 9.17) is 0 Å². The lowest BCUT2D eigenvalue weighted by Crippen LogP contribution is -2.33. The van der Waals surface area contributed by atoms with Crippen molar-refractivity contribution >= 4 is 52.4 Å². The van der Waals surface area contributed by atoms with Gasteiger partial charge in [-0.3, -0.25) is 24.6 Å². The number of thioether (sulfide) groups is 1. The van der Waals surface area contributed by atoms with Crippen LogP contribution < -0.4 is 10.2 Å². The molecule has 40 heavy (non-hydrogen) atoms. The van der Waals surface area contributed by atoms with Crippen LogP contribution in [0.3, 0.4) is 0 Å². The lowest BCUT2D eigenvalue weighted by molar-refractivity contribution is -0.384. The van der Waals surface area contributed by atoms with E-state index < -0.39 is 16.9 Å². The van der Waals surface area contributed by atoms with Crippen molar-refractivity contribution in [1.82, 2.24) is 20.1 Å². The number of hydrogen-bond donors (Lipinski definition) is 1. The van der Waals surface area contributed by atoms with Crippen LogP contribution in [0.2, 0.25) is 0 Å². The van der Waals surface area contributed by atoms with E-state index in [-0.39, 0.29) is 28.8 Å². The third-order valence-corrected chi connectivity index (χ3v) is 8.56. The Morgan fingerprint density at radius 3 is 2.27 bits per heavy atom. The molecule has 1 atom stereocenters. The van der Waals surface area contributed by atoms with Gasteiger partial charge in [0, 0.05) is 34.5 Å². The summed E-state index contributed by atoms with van der Waals surface area (Å²) < 4.78 is 1.77. The highest BCUT2D eigenvalue weighted by Crippen LogP contribution is 2.48. The summed E-state index contributed by atoms with van der Waals surface area (Å²) in [5.41, 5.74) is 1.72. The quantitative estimate of drug-likeness (QED) is 0.160. The molecule has 0 spiro atoms. The number of carbonyl (C=O) groups is 2. The molecule has 5 rings (SSSR count). The highest BCUT2D eigenvalue weighted by Gasteiger charge is 2.29. The minimum atomic E-state index is -0.538. The number of non-ortho nitro benzene ring substituents is 1. The Hall–Kier alpha value is -4.16. The van der Waals surface area contributed by atoms with E-state index in [2.05, 4.69) is 15.5 Å². The summed E-state index contributed by atoms with van der Waals surface area (Å²) in [4.78, 5) is 40.9. The lowest BCUT2D eigenvalue weighted by Gasteiger charge is -2.30. The fourth-order valence-electron chi connectivity index (χ4n) is 4.40. The zero-order valence-electron chi connectivity index (χ0n) is 22.0. The van der Waals surface area contributed by atoms with Gasteiger partial charge in [-0.05, 0) is 36.2 Å². The second kappa shape index (κ2) is 11.5. The highest BCUT2D eigenvalue weighted by atomic mass is 32.2. The van der Waals surface area contributed by atoms with Gasteiger partial charge in [0.15, 0.2) is 11.0 Å². The zero-order valence-corrected chi connectivity index (χ0v) is 23.6. The number of fused-ring (bicyclic) bond motifs is 2. The zero-order chi connectivity index (χ0) is 28.4. The average Bonchev–Trinajstić information content (AvgIpc) is 3.32. The summed E-state index contributed by atoms with van der Waals surface area (Å²) in [7, 11) is 1.79. The molecule has 204 valence electrons. The molecular weight excluding hydrogens is 548 g/mol. The second-order valence-electron chi connectivity index (χ2n) is 9.46. The molecule has 1 aliphatic heterocycles. The third-order valence-electron chi connectivity index (χ3n) is 6.43. The van der Waals surface area contributed by atoms with Gasteiger partial charge in [0.1, 0.15) is 0 Å². The third kappa shape index (κ3) is 5.45. The molecule has 2 heterocycles. The number of benzene rings is 3. The minimum Gasteiger partial charge on any atom is -0.342 e. The molecule has 1 aromatic heterocycles. The molecule has 12 heteroatoms. The summed E-state index contributed by atoms with van der Waals surface area (Å²) in [5.74, 6) is 0.0630. The average molecular weight is 575 g/mol. The van der Waals surface area contributed by atoms with Gasteiger partial charge in [-0.25, -0.2) is 0 Å². The van der Waals surface area contributed by atoms with Crippen LogP contribution in [-0.2, 0) is 11.8 Å². The fourth-order valence-corrected chi connectivity index (χ4v) is 6.23. The molecule has 0 aliphatic carbocycles. The Balaban J connectivity index is 1.33. The SMILES string of the molecule is CC(C)[C@@H](NC(=O)c1cccc([N+](=O)[O-])c1)c1nnc(SCC(=O)N2c3ccccc3Sc3ccccc32)n1C. The van der Waals surface area contributed by atoms with Crippen LogP contribution in [0.15, 0.2) is 87.7 Å². The van der Waals surface area contributed by atoms with Gasteiger partial charge in [0.25, 0.3) is 11.6 Å². The van der Waals surface area contributed by atoms with E-state index >= 15 is 0 Å². The van der Waals surface area contributed by atoms with Crippen LogP contribution in [0.4, 0.5) is 17.1 Å². The van der Waals surface area contributed by atoms with Crippen molar-refractivity contribution in [3.8, 4) is 0 Å². The van der Waals surface area contributed by atoms with Crippen molar-refractivity contribution in [3.63, 3.8) is 0 Å². The summed E-state index contributed by atoms with van der Waals surface area (Å²) in [6.45, 7) is 3.87. The summed E-state index contributed by atoms with van der Waals surface area (Å²) in [5, 5.41) is 23.2. The molecule has 0 saturated heterocycles. The predicted molar refractivity (Wildman–Crippen MR) is 154 cm³/mol. The van der Waals surface area contributed by atoms with Gasteiger partial charge in [-0.15, -0.1) is 10.2 Å². The van der Waals surface area contributed by atoms with Crippen molar-refractivity contribution < 1.29 is 14.5 Å².